The van der Waals surface area contributed by atoms with Gasteiger partial charge in [-0.1, -0.05) is 18.2 Å². The first-order valence-corrected chi connectivity index (χ1v) is 8.03. The molecule has 1 heterocycles. The highest BCUT2D eigenvalue weighted by Gasteiger charge is 2.30. The average Bonchev–Trinajstić information content (AvgIpc) is 3.38. The molecule has 3 aromatic rings. The van der Waals surface area contributed by atoms with Crippen LogP contribution in [0, 0.1) is 17.6 Å². The van der Waals surface area contributed by atoms with Gasteiger partial charge >= 0.3 is 0 Å². The highest BCUT2D eigenvalue weighted by atomic mass is 19.1. The first-order chi connectivity index (χ1) is 12.1. The van der Waals surface area contributed by atoms with Gasteiger partial charge in [0.25, 0.3) is 0 Å². The molecule has 0 bridgehead atoms. The van der Waals surface area contributed by atoms with Crippen molar-refractivity contribution in [2.45, 2.75) is 12.8 Å². The minimum absolute atomic E-state index is 0.0140. The largest absolute Gasteiger partial charge is 0.323 e. The number of fused-ring (bicyclic) bond motifs is 1. The van der Waals surface area contributed by atoms with Crippen molar-refractivity contribution in [3.05, 3.63) is 59.3 Å². The maximum atomic E-state index is 14.1. The van der Waals surface area contributed by atoms with Crippen LogP contribution in [0.3, 0.4) is 0 Å². The van der Waals surface area contributed by atoms with E-state index in [-0.39, 0.29) is 23.3 Å². The van der Waals surface area contributed by atoms with E-state index in [9.17, 15) is 13.6 Å². The molecule has 0 atom stereocenters. The van der Waals surface area contributed by atoms with E-state index in [0.29, 0.717) is 22.2 Å². The second-order valence-corrected chi connectivity index (χ2v) is 6.10. The second kappa shape index (κ2) is 6.12. The summed E-state index contributed by atoms with van der Waals surface area (Å²) in [5.74, 6) is -1.03. The molecule has 1 aliphatic rings. The van der Waals surface area contributed by atoms with Crippen molar-refractivity contribution in [2.75, 3.05) is 5.32 Å². The fourth-order valence-corrected chi connectivity index (χ4v) is 2.64. The number of carbonyl (C=O) groups is 1. The van der Waals surface area contributed by atoms with Crippen molar-refractivity contribution in [3.8, 4) is 0 Å². The summed E-state index contributed by atoms with van der Waals surface area (Å²) < 4.78 is 27.8. The quantitative estimate of drug-likeness (QED) is 0.742. The Labute approximate surface area is 142 Å². The number of amides is 1. The van der Waals surface area contributed by atoms with Gasteiger partial charge in [-0.25, -0.2) is 8.78 Å². The number of aromatic amines is 1. The normalized spacial score (nSPS) is 14.3. The summed E-state index contributed by atoms with van der Waals surface area (Å²) in [4.78, 5) is 11.9. The van der Waals surface area contributed by atoms with Crippen LogP contribution in [0.4, 0.5) is 14.5 Å². The van der Waals surface area contributed by atoms with Crippen LogP contribution in [0.5, 0.6) is 0 Å². The van der Waals surface area contributed by atoms with Crippen LogP contribution in [-0.4, -0.2) is 16.1 Å². The topological polar surface area (TPSA) is 57.8 Å². The summed E-state index contributed by atoms with van der Waals surface area (Å²) in [5, 5.41) is 10.2. The van der Waals surface area contributed by atoms with Crippen LogP contribution in [-0.2, 0) is 4.79 Å². The fourth-order valence-electron chi connectivity index (χ4n) is 2.64. The van der Waals surface area contributed by atoms with E-state index in [4.69, 9.17) is 0 Å². The number of hydrogen-bond donors (Lipinski definition) is 2. The number of aromatic nitrogens is 2. The van der Waals surface area contributed by atoms with Crippen LogP contribution >= 0.6 is 0 Å². The second-order valence-electron chi connectivity index (χ2n) is 6.10. The van der Waals surface area contributed by atoms with Crippen molar-refractivity contribution in [2.24, 2.45) is 5.92 Å². The van der Waals surface area contributed by atoms with Crippen molar-refractivity contribution in [1.82, 2.24) is 10.2 Å². The molecule has 0 radical (unpaired) electrons. The van der Waals surface area contributed by atoms with Crippen LogP contribution in [0.1, 0.15) is 24.1 Å². The molecule has 0 saturated heterocycles. The van der Waals surface area contributed by atoms with Gasteiger partial charge in [0.05, 0.1) is 16.9 Å². The third kappa shape index (κ3) is 3.15. The van der Waals surface area contributed by atoms with Crippen molar-refractivity contribution in [3.63, 3.8) is 0 Å². The lowest BCUT2D eigenvalue weighted by Gasteiger charge is -2.06. The maximum Gasteiger partial charge on any atom is 0.227 e. The van der Waals surface area contributed by atoms with Gasteiger partial charge in [-0.2, -0.15) is 5.10 Å². The van der Waals surface area contributed by atoms with E-state index in [1.165, 1.54) is 12.1 Å². The number of carbonyl (C=O) groups excluding carboxylic acids is 1. The summed E-state index contributed by atoms with van der Waals surface area (Å²) in [7, 11) is 0. The zero-order chi connectivity index (χ0) is 17.4. The Morgan fingerprint density at radius 1 is 1.16 bits per heavy atom. The van der Waals surface area contributed by atoms with Gasteiger partial charge in [0, 0.05) is 22.9 Å². The third-order valence-corrected chi connectivity index (χ3v) is 4.21. The lowest BCUT2D eigenvalue weighted by Crippen LogP contribution is -2.14. The Balaban J connectivity index is 1.67. The van der Waals surface area contributed by atoms with Gasteiger partial charge in [-0.15, -0.1) is 0 Å². The molecule has 2 aromatic carbocycles. The Kier molecular flexibility index (Phi) is 3.80. The minimum Gasteiger partial charge on any atom is -0.323 e. The van der Waals surface area contributed by atoms with Crippen molar-refractivity contribution >= 4 is 34.6 Å². The molecule has 1 amide bonds. The number of hydrogen-bond acceptors (Lipinski definition) is 2. The fraction of sp³-hybridized carbons (Fsp3) is 0.158. The number of halogens is 2. The van der Waals surface area contributed by atoms with E-state index in [1.807, 2.05) is 0 Å². The summed E-state index contributed by atoms with van der Waals surface area (Å²) >= 11 is 0. The lowest BCUT2D eigenvalue weighted by atomic mass is 10.1. The standard InChI is InChI=1S/C19H15F2N3O/c20-14-4-2-1-3-11(14)7-8-16-13-9-18(22-19(25)12-5-6-12)15(21)10-17(13)24-23-16/h1-4,7-10,12H,5-6H2,(H,22,25)(H,23,24). The molecule has 0 unspecified atom stereocenters. The van der Waals surface area contributed by atoms with Crippen LogP contribution < -0.4 is 5.32 Å². The van der Waals surface area contributed by atoms with Crippen LogP contribution in [0.25, 0.3) is 23.1 Å². The first-order valence-electron chi connectivity index (χ1n) is 8.03. The molecule has 4 rings (SSSR count). The van der Waals surface area contributed by atoms with Crippen molar-refractivity contribution < 1.29 is 13.6 Å². The van der Waals surface area contributed by atoms with Gasteiger partial charge in [0.1, 0.15) is 11.6 Å². The highest BCUT2D eigenvalue weighted by Crippen LogP contribution is 2.32. The van der Waals surface area contributed by atoms with E-state index in [2.05, 4.69) is 15.5 Å². The van der Waals surface area contributed by atoms with Crippen LogP contribution in [0.2, 0.25) is 0 Å². The van der Waals surface area contributed by atoms with Gasteiger partial charge in [-0.3, -0.25) is 9.89 Å². The smallest absolute Gasteiger partial charge is 0.227 e. The summed E-state index contributed by atoms with van der Waals surface area (Å²) in [6, 6.07) is 9.24. The molecule has 1 fully saturated rings. The molecule has 0 aliphatic heterocycles. The molecular weight excluding hydrogens is 324 g/mol. The Bertz CT molecular complexity index is 989. The van der Waals surface area contributed by atoms with Gasteiger partial charge in [0.2, 0.25) is 5.91 Å². The van der Waals surface area contributed by atoms with Crippen LogP contribution in [0.15, 0.2) is 36.4 Å². The lowest BCUT2D eigenvalue weighted by molar-refractivity contribution is -0.117. The molecular formula is C19H15F2N3O. The SMILES string of the molecule is O=C(Nc1cc2c(C=Cc3ccccc3F)n[nH]c2cc1F)C1CC1. The zero-order valence-electron chi connectivity index (χ0n) is 13.2. The number of rotatable bonds is 4. The van der Waals surface area contributed by atoms with Gasteiger partial charge < -0.3 is 5.32 Å². The molecule has 4 nitrogen and oxygen atoms in total. The summed E-state index contributed by atoms with van der Waals surface area (Å²) in [6.45, 7) is 0. The molecule has 1 aliphatic carbocycles. The number of H-pyrrole nitrogens is 1. The average molecular weight is 339 g/mol. The van der Waals surface area contributed by atoms with Crippen molar-refractivity contribution in [1.29, 1.82) is 0 Å². The number of benzene rings is 2. The Morgan fingerprint density at radius 3 is 2.72 bits per heavy atom. The molecule has 1 saturated carbocycles. The third-order valence-electron chi connectivity index (χ3n) is 4.21. The predicted molar refractivity (Wildman–Crippen MR) is 92.7 cm³/mol. The van der Waals surface area contributed by atoms with Gasteiger partial charge in [-0.05, 0) is 37.1 Å². The first kappa shape index (κ1) is 15.5. The highest BCUT2D eigenvalue weighted by molar-refractivity contribution is 5.98. The number of nitrogens with one attached hydrogen (secondary N) is 2. The monoisotopic (exact) mass is 339 g/mol. The summed E-state index contributed by atoms with van der Waals surface area (Å²) in [6.07, 6.45) is 4.95. The van der Waals surface area contributed by atoms with Gasteiger partial charge in [0.15, 0.2) is 0 Å². The molecule has 25 heavy (non-hydrogen) atoms. The molecule has 6 heteroatoms. The number of anilines is 1. The minimum atomic E-state index is -0.519. The Hall–Kier alpha value is -3.02. The molecule has 0 spiro atoms. The van der Waals surface area contributed by atoms with E-state index >= 15 is 0 Å². The molecule has 1 aromatic heterocycles. The maximum absolute atomic E-state index is 14.1. The predicted octanol–water partition coefficient (Wildman–Crippen LogP) is 4.36. The van der Waals surface area contributed by atoms with E-state index < -0.39 is 5.82 Å². The van der Waals surface area contributed by atoms with E-state index in [0.717, 1.165) is 12.8 Å². The number of nitrogens with zero attached hydrogens (tertiary/aromatic N) is 1. The molecule has 2 N–H and O–H groups in total. The zero-order valence-corrected chi connectivity index (χ0v) is 13.2. The Morgan fingerprint density at radius 2 is 1.96 bits per heavy atom. The van der Waals surface area contributed by atoms with E-state index in [1.54, 1.807) is 36.4 Å². The summed E-state index contributed by atoms with van der Waals surface area (Å²) in [5.41, 5.74) is 1.62. The molecule has 126 valence electrons.